The maximum atomic E-state index is 13.6. The minimum atomic E-state index is -0.942. The number of carboxylic acids is 2. The number of rotatable bonds is 6. The van der Waals surface area contributed by atoms with Crippen LogP contribution >= 0.6 is 0 Å². The van der Waals surface area contributed by atoms with E-state index in [2.05, 4.69) is 48.1 Å². The van der Waals surface area contributed by atoms with E-state index in [1.165, 1.54) is 25.3 Å². The summed E-state index contributed by atoms with van der Waals surface area (Å²) in [6.45, 7) is 17.4. The van der Waals surface area contributed by atoms with Gasteiger partial charge in [-0.25, -0.2) is 4.79 Å². The number of carbonyl (C=O) groups excluding carboxylic acids is 1. The molecule has 5 saturated carbocycles. The quantitative estimate of drug-likeness (QED) is 0.215. The fraction of sp³-hybridized carbons (Fsp3) is 0.711. The Balaban J connectivity index is 1.39. The Morgan fingerprint density at radius 3 is 2.20 bits per heavy atom. The van der Waals surface area contributed by atoms with E-state index in [1.807, 2.05) is 0 Å². The van der Waals surface area contributed by atoms with Crippen molar-refractivity contribution in [1.29, 1.82) is 0 Å². The summed E-state index contributed by atoms with van der Waals surface area (Å²) < 4.78 is 11.4. The van der Waals surface area contributed by atoms with E-state index >= 15 is 0 Å². The summed E-state index contributed by atoms with van der Waals surface area (Å²) in [5, 5.41) is 31.7. The van der Waals surface area contributed by atoms with Crippen molar-refractivity contribution in [3.05, 3.63) is 35.9 Å². The van der Waals surface area contributed by atoms with Gasteiger partial charge < -0.3 is 24.8 Å². The van der Waals surface area contributed by atoms with Crippen molar-refractivity contribution in [2.24, 2.45) is 62.6 Å². The van der Waals surface area contributed by atoms with Crippen LogP contribution in [-0.4, -0.2) is 46.4 Å². The normalized spacial score (nSPS) is 43.8. The number of phenolic OH excluding ortho intramolecular Hbond substituents is 1. The summed E-state index contributed by atoms with van der Waals surface area (Å²) in [6.07, 6.45) is 5.63. The van der Waals surface area contributed by atoms with Crippen molar-refractivity contribution >= 4 is 17.9 Å². The molecule has 0 spiro atoms. The molecule has 3 N–H and O–H groups in total. The molecule has 5 aliphatic carbocycles. The van der Waals surface area contributed by atoms with Crippen LogP contribution in [-0.2, 0) is 14.3 Å². The van der Waals surface area contributed by atoms with E-state index in [9.17, 15) is 29.7 Å². The standard InChI is InChI=1S/C38H52O8/c1-20(2)22-13-16-38(33(43)44)18-17-35(5)23(28(22)38)10-12-27-36(35,6)15-14-26-34(3,4)30(29(31(40)41)37(26,27)7)46-32(42)21-9-11-24(39)25(19-21)45-8/h9,11,19,22-23,26-30,39H,1,10,12-18H2,2-8H3,(H,40,41)(H,43,44). The molecule has 0 bridgehead atoms. The monoisotopic (exact) mass is 636 g/mol. The summed E-state index contributed by atoms with van der Waals surface area (Å²) in [6, 6.07) is 4.26. The summed E-state index contributed by atoms with van der Waals surface area (Å²) >= 11 is 0. The highest BCUT2D eigenvalue weighted by atomic mass is 16.5. The van der Waals surface area contributed by atoms with E-state index in [4.69, 9.17) is 9.47 Å². The number of phenols is 1. The molecule has 1 aromatic rings. The topological polar surface area (TPSA) is 130 Å². The van der Waals surface area contributed by atoms with Crippen LogP contribution < -0.4 is 4.74 Å². The van der Waals surface area contributed by atoms with Gasteiger partial charge in [-0.1, -0.05) is 46.8 Å². The van der Waals surface area contributed by atoms with Gasteiger partial charge in [-0.2, -0.15) is 0 Å². The zero-order valence-electron chi connectivity index (χ0n) is 28.5. The number of aliphatic carboxylic acids is 2. The molecule has 1 aromatic carbocycles. The fourth-order valence-electron chi connectivity index (χ4n) is 13.0. The van der Waals surface area contributed by atoms with Crippen LogP contribution in [0.2, 0.25) is 0 Å². The lowest BCUT2D eigenvalue weighted by Crippen LogP contribution is -2.65. The second kappa shape index (κ2) is 10.5. The molecule has 8 heteroatoms. The maximum absolute atomic E-state index is 13.6. The number of benzene rings is 1. The van der Waals surface area contributed by atoms with E-state index in [0.29, 0.717) is 12.8 Å². The zero-order valence-corrected chi connectivity index (χ0v) is 28.5. The highest BCUT2D eigenvalue weighted by Crippen LogP contribution is 2.79. The summed E-state index contributed by atoms with van der Waals surface area (Å²) in [4.78, 5) is 40.0. The molecule has 46 heavy (non-hydrogen) atoms. The minimum absolute atomic E-state index is 0.0165. The van der Waals surface area contributed by atoms with Gasteiger partial charge in [-0.15, -0.1) is 0 Å². The molecule has 0 amide bonds. The number of allylic oxidation sites excluding steroid dienone is 1. The van der Waals surface area contributed by atoms with Crippen molar-refractivity contribution in [2.45, 2.75) is 99.0 Å². The first kappa shape index (κ1) is 32.9. The Bertz CT molecular complexity index is 1480. The molecule has 11 unspecified atom stereocenters. The van der Waals surface area contributed by atoms with Crippen molar-refractivity contribution in [2.75, 3.05) is 7.11 Å². The average Bonchev–Trinajstić information content (AvgIpc) is 3.46. The third-order valence-corrected chi connectivity index (χ3v) is 15.2. The first-order valence-electron chi connectivity index (χ1n) is 17.1. The fourth-order valence-corrected chi connectivity index (χ4v) is 13.0. The van der Waals surface area contributed by atoms with Gasteiger partial charge >= 0.3 is 17.9 Å². The molecule has 5 fully saturated rings. The van der Waals surface area contributed by atoms with Crippen molar-refractivity contribution < 1.29 is 39.2 Å². The highest BCUT2D eigenvalue weighted by molar-refractivity contribution is 5.90. The van der Waals surface area contributed by atoms with Crippen molar-refractivity contribution in [1.82, 2.24) is 0 Å². The van der Waals surface area contributed by atoms with Gasteiger partial charge in [0.05, 0.1) is 18.1 Å². The van der Waals surface area contributed by atoms with E-state index in [1.54, 1.807) is 0 Å². The Morgan fingerprint density at radius 1 is 0.891 bits per heavy atom. The van der Waals surface area contributed by atoms with Gasteiger partial charge in [-0.3, -0.25) is 9.59 Å². The molecule has 0 aromatic heterocycles. The lowest BCUT2D eigenvalue weighted by Gasteiger charge is -2.70. The van der Waals surface area contributed by atoms with Gasteiger partial charge in [0.15, 0.2) is 11.5 Å². The molecule has 0 heterocycles. The SMILES string of the molecule is C=C(C)C1CCC2(C(=O)O)CCC3(C)C(CCC4C5(C)C(C(=O)O)C(OC(=O)c6ccc(O)c(OC)c6)C(C)(C)C5CCC43C)C12. The number of ether oxygens (including phenoxy) is 2. The van der Waals surface area contributed by atoms with Crippen LogP contribution in [0.15, 0.2) is 30.4 Å². The number of fused-ring (bicyclic) bond motifs is 7. The van der Waals surface area contributed by atoms with Crippen LogP contribution in [0.1, 0.15) is 103 Å². The molecule has 0 radical (unpaired) electrons. The maximum Gasteiger partial charge on any atom is 0.338 e. The third kappa shape index (κ3) is 4.06. The molecule has 6 rings (SSSR count). The molecule has 8 nitrogen and oxygen atoms in total. The molecular formula is C38H52O8. The van der Waals surface area contributed by atoms with E-state index < -0.39 is 46.2 Å². The van der Waals surface area contributed by atoms with Gasteiger partial charge in [0.25, 0.3) is 0 Å². The predicted molar refractivity (Wildman–Crippen MR) is 172 cm³/mol. The van der Waals surface area contributed by atoms with Crippen LogP contribution in [0.4, 0.5) is 0 Å². The second-order valence-corrected chi connectivity index (χ2v) is 16.9. The molecule has 252 valence electrons. The largest absolute Gasteiger partial charge is 0.504 e. The first-order valence-corrected chi connectivity index (χ1v) is 17.1. The molecule has 5 aliphatic rings. The van der Waals surface area contributed by atoms with Crippen LogP contribution in [0, 0.1) is 62.6 Å². The number of carbonyl (C=O) groups is 3. The highest BCUT2D eigenvalue weighted by Gasteiger charge is 2.76. The minimum Gasteiger partial charge on any atom is -0.504 e. The summed E-state index contributed by atoms with van der Waals surface area (Å²) in [5.74, 6) is -2.56. The molecule has 0 saturated heterocycles. The Kier molecular flexibility index (Phi) is 7.50. The zero-order chi connectivity index (χ0) is 33.8. The number of hydrogen-bond acceptors (Lipinski definition) is 6. The Labute approximate surface area is 272 Å². The number of esters is 1. The number of hydrogen-bond donors (Lipinski definition) is 3. The number of aromatic hydroxyl groups is 1. The van der Waals surface area contributed by atoms with Crippen molar-refractivity contribution in [3.63, 3.8) is 0 Å². The number of carboxylic acid groups (broad SMARTS) is 2. The van der Waals surface area contributed by atoms with Gasteiger partial charge in [-0.05, 0) is 122 Å². The smallest absolute Gasteiger partial charge is 0.338 e. The van der Waals surface area contributed by atoms with Crippen LogP contribution in [0.5, 0.6) is 11.5 Å². The van der Waals surface area contributed by atoms with E-state index in [-0.39, 0.29) is 57.5 Å². The molecule has 0 aliphatic heterocycles. The van der Waals surface area contributed by atoms with Gasteiger partial charge in [0.1, 0.15) is 12.0 Å². The lowest BCUT2D eigenvalue weighted by atomic mass is 9.34. The molecular weight excluding hydrogens is 584 g/mol. The number of methoxy groups -OCH3 is 1. The predicted octanol–water partition coefficient (Wildman–Crippen LogP) is 7.59. The van der Waals surface area contributed by atoms with Crippen LogP contribution in [0.25, 0.3) is 0 Å². The summed E-state index contributed by atoms with van der Waals surface area (Å²) in [5.41, 5.74) is -1.04. The van der Waals surface area contributed by atoms with Gasteiger partial charge in [0, 0.05) is 5.41 Å². The Hall–Kier alpha value is -3.03. The first-order chi connectivity index (χ1) is 21.4. The Morgan fingerprint density at radius 2 is 1.59 bits per heavy atom. The van der Waals surface area contributed by atoms with Crippen LogP contribution in [0.3, 0.4) is 0 Å². The van der Waals surface area contributed by atoms with Crippen molar-refractivity contribution in [3.8, 4) is 11.5 Å². The lowest BCUT2D eigenvalue weighted by molar-refractivity contribution is -0.228. The summed E-state index contributed by atoms with van der Waals surface area (Å²) in [7, 11) is 1.40. The molecule has 11 atom stereocenters. The third-order valence-electron chi connectivity index (χ3n) is 15.2. The van der Waals surface area contributed by atoms with Gasteiger partial charge in [0.2, 0.25) is 0 Å². The second-order valence-electron chi connectivity index (χ2n) is 16.9. The van der Waals surface area contributed by atoms with E-state index in [0.717, 1.165) is 44.1 Å². The average molecular weight is 637 g/mol.